The highest BCUT2D eigenvalue weighted by molar-refractivity contribution is 5.59. The van der Waals surface area contributed by atoms with Gasteiger partial charge in [-0.2, -0.15) is 13.2 Å². The number of rotatable bonds is 5. The number of halogens is 3. The van der Waals surface area contributed by atoms with E-state index < -0.39 is 11.7 Å². The minimum absolute atomic E-state index is 0.122. The van der Waals surface area contributed by atoms with Crippen molar-refractivity contribution in [1.29, 1.82) is 0 Å². The van der Waals surface area contributed by atoms with E-state index in [1.807, 2.05) is 24.3 Å². The summed E-state index contributed by atoms with van der Waals surface area (Å²) < 4.78 is 50.0. The molecule has 28 heavy (non-hydrogen) atoms. The Kier molecular flexibility index (Phi) is 5.33. The van der Waals surface area contributed by atoms with Crippen molar-refractivity contribution in [3.05, 3.63) is 48.2 Å². The van der Waals surface area contributed by atoms with E-state index in [2.05, 4.69) is 9.88 Å². The monoisotopic (exact) mass is 392 g/mol. The summed E-state index contributed by atoms with van der Waals surface area (Å²) in [5.74, 6) is 1.11. The predicted octanol–water partition coefficient (Wildman–Crippen LogP) is 5.08. The number of ether oxygens (including phenoxy) is 2. The van der Waals surface area contributed by atoms with Gasteiger partial charge in [0, 0.05) is 25.2 Å². The summed E-state index contributed by atoms with van der Waals surface area (Å²) in [7, 11) is 0. The molecular weight excluding hydrogens is 369 g/mol. The summed E-state index contributed by atoms with van der Waals surface area (Å²) in [6.45, 7) is 1.45. The third kappa shape index (κ3) is 4.34. The Morgan fingerprint density at radius 2 is 1.71 bits per heavy atom. The van der Waals surface area contributed by atoms with Crippen LogP contribution in [0.3, 0.4) is 0 Å². The van der Waals surface area contributed by atoms with Gasteiger partial charge in [0.25, 0.3) is 0 Å². The summed E-state index contributed by atoms with van der Waals surface area (Å²) in [5.41, 5.74) is 0.270. The molecule has 1 saturated heterocycles. The molecule has 1 aromatic carbocycles. The summed E-state index contributed by atoms with van der Waals surface area (Å²) in [6.07, 6.45) is 1.99. The van der Waals surface area contributed by atoms with Crippen LogP contribution in [0.4, 0.5) is 18.9 Å². The zero-order chi connectivity index (χ0) is 19.6. The number of benzene rings is 1. The highest BCUT2D eigenvalue weighted by Gasteiger charge is 2.31. The first-order chi connectivity index (χ1) is 13.5. The van der Waals surface area contributed by atoms with Gasteiger partial charge >= 0.3 is 6.18 Å². The van der Waals surface area contributed by atoms with Crippen molar-refractivity contribution in [3.8, 4) is 11.6 Å². The van der Waals surface area contributed by atoms with Gasteiger partial charge in [-0.3, -0.25) is 0 Å². The van der Waals surface area contributed by atoms with Gasteiger partial charge in [0.2, 0.25) is 5.88 Å². The molecule has 0 bridgehead atoms. The van der Waals surface area contributed by atoms with E-state index in [-0.39, 0.29) is 18.1 Å². The fraction of sp³-hybridized carbons (Fsp3) is 0.476. The molecule has 0 amide bonds. The van der Waals surface area contributed by atoms with Crippen molar-refractivity contribution >= 4 is 5.69 Å². The van der Waals surface area contributed by atoms with E-state index in [9.17, 15) is 13.2 Å². The maximum atomic E-state index is 12.6. The van der Waals surface area contributed by atoms with Crippen LogP contribution in [-0.4, -0.2) is 30.3 Å². The zero-order valence-corrected chi connectivity index (χ0v) is 15.5. The molecule has 0 N–H and O–H groups in total. The lowest BCUT2D eigenvalue weighted by Crippen LogP contribution is -2.25. The molecule has 2 fully saturated rings. The molecule has 1 aliphatic heterocycles. The second-order valence-electron chi connectivity index (χ2n) is 7.35. The third-order valence-corrected chi connectivity index (χ3v) is 5.30. The zero-order valence-electron chi connectivity index (χ0n) is 15.5. The lowest BCUT2D eigenvalue weighted by Gasteiger charge is -2.24. The number of nitrogens with zero attached hydrogens (tertiary/aromatic N) is 2. The molecule has 4 nitrogen and oxygen atoms in total. The topological polar surface area (TPSA) is 34.6 Å². The fourth-order valence-electron chi connectivity index (χ4n) is 3.84. The van der Waals surface area contributed by atoms with Gasteiger partial charge in [0.05, 0.1) is 23.9 Å². The second kappa shape index (κ2) is 7.89. The van der Waals surface area contributed by atoms with Crippen molar-refractivity contribution in [3.63, 3.8) is 0 Å². The number of para-hydroxylation sites is 2. The molecule has 0 radical (unpaired) electrons. The maximum absolute atomic E-state index is 12.6. The van der Waals surface area contributed by atoms with Crippen molar-refractivity contribution in [2.75, 3.05) is 18.0 Å². The second-order valence-corrected chi connectivity index (χ2v) is 7.35. The number of pyridine rings is 1. The number of alkyl halides is 3. The molecule has 1 aliphatic carbocycles. The van der Waals surface area contributed by atoms with E-state index in [1.165, 1.54) is 18.9 Å². The smallest absolute Gasteiger partial charge is 0.417 e. The molecule has 1 unspecified atom stereocenters. The maximum Gasteiger partial charge on any atom is 0.417 e. The van der Waals surface area contributed by atoms with Gasteiger partial charge < -0.3 is 14.4 Å². The van der Waals surface area contributed by atoms with Crippen LogP contribution in [-0.2, 0) is 6.18 Å². The van der Waals surface area contributed by atoms with Crippen LogP contribution in [0, 0.1) is 0 Å². The molecule has 4 rings (SSSR count). The average molecular weight is 392 g/mol. The SMILES string of the molecule is FC(F)(F)c1ccc(OC2CCN(c3ccccc3OC3CCCC3)C2)nc1. The molecule has 1 saturated carbocycles. The van der Waals surface area contributed by atoms with E-state index >= 15 is 0 Å². The first kappa shape index (κ1) is 18.9. The van der Waals surface area contributed by atoms with Crippen LogP contribution in [0.1, 0.15) is 37.7 Å². The van der Waals surface area contributed by atoms with E-state index in [4.69, 9.17) is 9.47 Å². The van der Waals surface area contributed by atoms with E-state index in [0.717, 1.165) is 49.5 Å². The number of aromatic nitrogens is 1. The largest absolute Gasteiger partial charge is 0.488 e. The van der Waals surface area contributed by atoms with Crippen molar-refractivity contribution in [1.82, 2.24) is 4.98 Å². The third-order valence-electron chi connectivity index (χ3n) is 5.30. The van der Waals surface area contributed by atoms with Crippen LogP contribution in [0.5, 0.6) is 11.6 Å². The van der Waals surface area contributed by atoms with Gasteiger partial charge in [-0.15, -0.1) is 0 Å². The number of hydrogen-bond donors (Lipinski definition) is 0. The van der Waals surface area contributed by atoms with Crippen molar-refractivity contribution < 1.29 is 22.6 Å². The summed E-state index contributed by atoms with van der Waals surface area (Å²) in [6, 6.07) is 10.3. The molecule has 2 heterocycles. The van der Waals surface area contributed by atoms with Crippen LogP contribution >= 0.6 is 0 Å². The summed E-state index contributed by atoms with van der Waals surface area (Å²) >= 11 is 0. The van der Waals surface area contributed by atoms with Crippen molar-refractivity contribution in [2.45, 2.75) is 50.5 Å². The first-order valence-electron chi connectivity index (χ1n) is 9.69. The van der Waals surface area contributed by atoms with Gasteiger partial charge in [0.1, 0.15) is 11.9 Å². The molecule has 2 aromatic rings. The van der Waals surface area contributed by atoms with Crippen LogP contribution in [0.2, 0.25) is 0 Å². The Balaban J connectivity index is 1.39. The lowest BCUT2D eigenvalue weighted by atomic mass is 10.2. The Hall–Kier alpha value is -2.44. The first-order valence-corrected chi connectivity index (χ1v) is 9.69. The van der Waals surface area contributed by atoms with Gasteiger partial charge in [-0.05, 0) is 43.9 Å². The molecule has 150 valence electrons. The van der Waals surface area contributed by atoms with E-state index in [1.54, 1.807) is 0 Å². The average Bonchev–Trinajstić information content (AvgIpc) is 3.34. The fourth-order valence-corrected chi connectivity index (χ4v) is 3.84. The highest BCUT2D eigenvalue weighted by Crippen LogP contribution is 2.35. The molecule has 2 aliphatic rings. The summed E-state index contributed by atoms with van der Waals surface area (Å²) in [4.78, 5) is 6.01. The van der Waals surface area contributed by atoms with Crippen LogP contribution in [0.15, 0.2) is 42.6 Å². The normalized spacial score (nSPS) is 20.5. The quantitative estimate of drug-likeness (QED) is 0.711. The molecule has 0 spiro atoms. The Morgan fingerprint density at radius 3 is 2.43 bits per heavy atom. The lowest BCUT2D eigenvalue weighted by molar-refractivity contribution is -0.137. The number of anilines is 1. The van der Waals surface area contributed by atoms with E-state index in [0.29, 0.717) is 6.54 Å². The van der Waals surface area contributed by atoms with Gasteiger partial charge in [-0.25, -0.2) is 4.98 Å². The Labute approximate surface area is 162 Å². The van der Waals surface area contributed by atoms with Crippen LogP contribution < -0.4 is 14.4 Å². The summed E-state index contributed by atoms with van der Waals surface area (Å²) in [5, 5.41) is 0. The molecule has 7 heteroatoms. The van der Waals surface area contributed by atoms with Crippen LogP contribution in [0.25, 0.3) is 0 Å². The molecular formula is C21H23F3N2O2. The number of hydrogen-bond acceptors (Lipinski definition) is 4. The minimum atomic E-state index is -4.39. The van der Waals surface area contributed by atoms with Crippen molar-refractivity contribution in [2.24, 2.45) is 0 Å². The molecule has 1 aromatic heterocycles. The predicted molar refractivity (Wildman–Crippen MR) is 99.8 cm³/mol. The van der Waals surface area contributed by atoms with Gasteiger partial charge in [0.15, 0.2) is 0 Å². The Morgan fingerprint density at radius 1 is 0.929 bits per heavy atom. The minimum Gasteiger partial charge on any atom is -0.488 e. The Bertz CT molecular complexity index is 789. The highest BCUT2D eigenvalue weighted by atomic mass is 19.4. The van der Waals surface area contributed by atoms with Gasteiger partial charge in [-0.1, -0.05) is 12.1 Å². The standard InChI is InChI=1S/C21H23F3N2O2/c22-21(23,24)15-9-10-20(25-13-15)28-17-11-12-26(14-17)18-7-3-4-8-19(18)27-16-5-1-2-6-16/h3-4,7-10,13,16-17H,1-2,5-6,11-12,14H2. The molecule has 1 atom stereocenters.